The van der Waals surface area contributed by atoms with Crippen LogP contribution in [0.25, 0.3) is 22.2 Å². The van der Waals surface area contributed by atoms with Crippen molar-refractivity contribution in [1.82, 2.24) is 4.98 Å². The number of fused-ring (bicyclic) bond motifs is 1. The van der Waals surface area contributed by atoms with Crippen LogP contribution in [0.1, 0.15) is 17.3 Å². The summed E-state index contributed by atoms with van der Waals surface area (Å²) in [6.45, 7) is 1.56. The van der Waals surface area contributed by atoms with Crippen molar-refractivity contribution in [3.05, 3.63) is 54.4 Å². The van der Waals surface area contributed by atoms with Crippen LogP contribution in [0, 0.1) is 0 Å². The SMILES string of the molecule is CC(=O)c1ccc(-c2nccc3occc23)cc1. The molecule has 0 aliphatic carbocycles. The Morgan fingerprint density at radius 2 is 1.89 bits per heavy atom. The lowest BCUT2D eigenvalue weighted by atomic mass is 10.0. The predicted molar refractivity (Wildman–Crippen MR) is 69.4 cm³/mol. The number of nitrogens with zero attached hydrogens (tertiary/aromatic N) is 1. The molecule has 0 spiro atoms. The Labute approximate surface area is 104 Å². The van der Waals surface area contributed by atoms with Gasteiger partial charge in [-0.3, -0.25) is 9.78 Å². The zero-order valence-electron chi connectivity index (χ0n) is 9.88. The number of Topliss-reactive ketones (excluding diaryl/α,β-unsaturated/α-hetero) is 1. The molecule has 0 N–H and O–H groups in total. The molecule has 0 saturated carbocycles. The molecule has 3 rings (SSSR count). The fourth-order valence-electron chi connectivity index (χ4n) is 1.99. The number of furan rings is 1. The van der Waals surface area contributed by atoms with Crippen molar-refractivity contribution in [3.63, 3.8) is 0 Å². The standard InChI is InChI=1S/C15H11NO2/c1-10(17)11-2-4-12(5-3-11)15-13-7-9-18-14(13)6-8-16-15/h2-9H,1H3. The monoisotopic (exact) mass is 237 g/mol. The topological polar surface area (TPSA) is 43.1 Å². The maximum absolute atomic E-state index is 11.2. The summed E-state index contributed by atoms with van der Waals surface area (Å²) < 4.78 is 5.35. The summed E-state index contributed by atoms with van der Waals surface area (Å²) in [7, 11) is 0. The highest BCUT2D eigenvalue weighted by Crippen LogP contribution is 2.27. The molecule has 0 atom stereocenters. The lowest BCUT2D eigenvalue weighted by Gasteiger charge is -2.03. The van der Waals surface area contributed by atoms with Crippen LogP contribution in [-0.2, 0) is 0 Å². The van der Waals surface area contributed by atoms with Crippen molar-refractivity contribution in [3.8, 4) is 11.3 Å². The van der Waals surface area contributed by atoms with Crippen LogP contribution < -0.4 is 0 Å². The molecule has 0 bridgehead atoms. The van der Waals surface area contributed by atoms with Gasteiger partial charge in [-0.05, 0) is 19.1 Å². The normalized spacial score (nSPS) is 10.7. The molecule has 0 saturated heterocycles. The minimum absolute atomic E-state index is 0.0658. The summed E-state index contributed by atoms with van der Waals surface area (Å²) in [4.78, 5) is 15.6. The molecule has 0 amide bonds. The van der Waals surface area contributed by atoms with Crippen LogP contribution in [0.2, 0.25) is 0 Å². The predicted octanol–water partition coefficient (Wildman–Crippen LogP) is 3.70. The highest BCUT2D eigenvalue weighted by atomic mass is 16.3. The molecule has 1 aromatic carbocycles. The number of hydrogen-bond acceptors (Lipinski definition) is 3. The molecule has 0 fully saturated rings. The summed E-state index contributed by atoms with van der Waals surface area (Å²) in [5.74, 6) is 0.0658. The number of ketones is 1. The molecule has 0 aliphatic rings. The van der Waals surface area contributed by atoms with Crippen molar-refractivity contribution in [2.45, 2.75) is 6.92 Å². The Morgan fingerprint density at radius 3 is 2.61 bits per heavy atom. The number of pyridine rings is 1. The molecule has 3 heteroatoms. The van der Waals surface area contributed by atoms with Gasteiger partial charge in [-0.1, -0.05) is 24.3 Å². The summed E-state index contributed by atoms with van der Waals surface area (Å²) in [5.41, 5.74) is 3.37. The smallest absolute Gasteiger partial charge is 0.159 e. The van der Waals surface area contributed by atoms with Gasteiger partial charge in [-0.25, -0.2) is 0 Å². The molecule has 88 valence electrons. The van der Waals surface area contributed by atoms with E-state index in [2.05, 4.69) is 4.98 Å². The second-order valence-electron chi connectivity index (χ2n) is 4.13. The van der Waals surface area contributed by atoms with Crippen molar-refractivity contribution in [2.24, 2.45) is 0 Å². The Bertz CT molecular complexity index is 711. The number of benzene rings is 1. The van der Waals surface area contributed by atoms with Crippen LogP contribution in [0.15, 0.2) is 53.3 Å². The fraction of sp³-hybridized carbons (Fsp3) is 0.0667. The van der Waals surface area contributed by atoms with E-state index < -0.39 is 0 Å². The third-order valence-corrected chi connectivity index (χ3v) is 2.94. The number of hydrogen-bond donors (Lipinski definition) is 0. The second-order valence-corrected chi connectivity index (χ2v) is 4.13. The summed E-state index contributed by atoms with van der Waals surface area (Å²) in [5, 5.41) is 0.980. The van der Waals surface area contributed by atoms with Gasteiger partial charge in [-0.2, -0.15) is 0 Å². The van der Waals surface area contributed by atoms with Gasteiger partial charge in [0.15, 0.2) is 5.78 Å². The molecule has 2 heterocycles. The van der Waals surface area contributed by atoms with Gasteiger partial charge in [0.25, 0.3) is 0 Å². The van der Waals surface area contributed by atoms with Crippen molar-refractivity contribution < 1.29 is 9.21 Å². The first kappa shape index (κ1) is 10.7. The van der Waals surface area contributed by atoms with E-state index in [0.29, 0.717) is 5.56 Å². The Balaban J connectivity index is 2.14. The molecular weight excluding hydrogens is 226 g/mol. The van der Waals surface area contributed by atoms with Gasteiger partial charge < -0.3 is 4.42 Å². The highest BCUT2D eigenvalue weighted by molar-refractivity contribution is 5.95. The van der Waals surface area contributed by atoms with E-state index >= 15 is 0 Å². The summed E-state index contributed by atoms with van der Waals surface area (Å²) >= 11 is 0. The lowest BCUT2D eigenvalue weighted by Crippen LogP contribution is -1.91. The molecule has 2 aromatic heterocycles. The second kappa shape index (κ2) is 4.11. The Morgan fingerprint density at radius 1 is 1.11 bits per heavy atom. The van der Waals surface area contributed by atoms with E-state index in [4.69, 9.17) is 4.42 Å². The van der Waals surface area contributed by atoms with E-state index in [1.165, 1.54) is 0 Å². The first-order valence-corrected chi connectivity index (χ1v) is 5.69. The van der Waals surface area contributed by atoms with Gasteiger partial charge in [0, 0.05) is 22.7 Å². The Hall–Kier alpha value is -2.42. The van der Waals surface area contributed by atoms with Gasteiger partial charge in [0.1, 0.15) is 5.58 Å². The zero-order chi connectivity index (χ0) is 12.5. The maximum Gasteiger partial charge on any atom is 0.159 e. The maximum atomic E-state index is 11.2. The van der Waals surface area contributed by atoms with Crippen molar-refractivity contribution in [2.75, 3.05) is 0 Å². The average Bonchev–Trinajstić information content (AvgIpc) is 2.87. The largest absolute Gasteiger partial charge is 0.464 e. The minimum Gasteiger partial charge on any atom is -0.464 e. The quantitative estimate of drug-likeness (QED) is 0.638. The average molecular weight is 237 g/mol. The minimum atomic E-state index is 0.0658. The fourth-order valence-corrected chi connectivity index (χ4v) is 1.99. The highest BCUT2D eigenvalue weighted by Gasteiger charge is 2.07. The third-order valence-electron chi connectivity index (χ3n) is 2.94. The van der Waals surface area contributed by atoms with Crippen LogP contribution in [0.3, 0.4) is 0 Å². The summed E-state index contributed by atoms with van der Waals surface area (Å²) in [6, 6.07) is 11.2. The van der Waals surface area contributed by atoms with E-state index in [0.717, 1.165) is 22.2 Å². The van der Waals surface area contributed by atoms with E-state index in [1.54, 1.807) is 19.4 Å². The van der Waals surface area contributed by atoms with Crippen LogP contribution in [0.4, 0.5) is 0 Å². The van der Waals surface area contributed by atoms with E-state index in [9.17, 15) is 4.79 Å². The van der Waals surface area contributed by atoms with Crippen molar-refractivity contribution >= 4 is 16.8 Å². The van der Waals surface area contributed by atoms with Gasteiger partial charge in [0.2, 0.25) is 0 Å². The molecule has 0 unspecified atom stereocenters. The molecule has 0 aliphatic heterocycles. The van der Waals surface area contributed by atoms with Gasteiger partial charge in [-0.15, -0.1) is 0 Å². The lowest BCUT2D eigenvalue weighted by molar-refractivity contribution is 0.101. The summed E-state index contributed by atoms with van der Waals surface area (Å²) in [6.07, 6.45) is 3.37. The number of rotatable bonds is 2. The Kier molecular flexibility index (Phi) is 2.45. The molecule has 0 radical (unpaired) electrons. The number of aromatic nitrogens is 1. The first-order valence-electron chi connectivity index (χ1n) is 5.69. The van der Waals surface area contributed by atoms with Crippen LogP contribution in [0.5, 0.6) is 0 Å². The van der Waals surface area contributed by atoms with E-state index in [-0.39, 0.29) is 5.78 Å². The van der Waals surface area contributed by atoms with Crippen LogP contribution in [-0.4, -0.2) is 10.8 Å². The number of carbonyl (C=O) groups is 1. The molecule has 3 aromatic rings. The van der Waals surface area contributed by atoms with Gasteiger partial charge in [0.05, 0.1) is 12.0 Å². The molecule has 3 nitrogen and oxygen atoms in total. The first-order chi connectivity index (χ1) is 8.75. The molecular formula is C15H11NO2. The van der Waals surface area contributed by atoms with Crippen LogP contribution >= 0.6 is 0 Å². The zero-order valence-corrected chi connectivity index (χ0v) is 9.88. The van der Waals surface area contributed by atoms with Crippen molar-refractivity contribution in [1.29, 1.82) is 0 Å². The molecule has 18 heavy (non-hydrogen) atoms. The van der Waals surface area contributed by atoms with E-state index in [1.807, 2.05) is 36.4 Å². The van der Waals surface area contributed by atoms with Gasteiger partial charge >= 0.3 is 0 Å². The third kappa shape index (κ3) is 1.70. The number of carbonyl (C=O) groups excluding carboxylic acids is 1.